The Labute approximate surface area is 171 Å². The molecule has 1 aromatic carbocycles. The van der Waals surface area contributed by atoms with E-state index < -0.39 is 0 Å². The van der Waals surface area contributed by atoms with E-state index in [1.807, 2.05) is 29.2 Å². The van der Waals surface area contributed by atoms with Crippen molar-refractivity contribution in [3.8, 4) is 0 Å². The van der Waals surface area contributed by atoms with Crippen LogP contribution in [0.15, 0.2) is 51.9 Å². The van der Waals surface area contributed by atoms with E-state index in [0.29, 0.717) is 19.5 Å². The highest BCUT2D eigenvalue weighted by Gasteiger charge is 2.21. The van der Waals surface area contributed by atoms with E-state index in [-0.39, 0.29) is 11.5 Å². The number of para-hydroxylation sites is 2. The zero-order chi connectivity index (χ0) is 19.5. The van der Waals surface area contributed by atoms with Crippen molar-refractivity contribution in [2.45, 2.75) is 19.4 Å². The van der Waals surface area contributed by atoms with Gasteiger partial charge in [-0.1, -0.05) is 12.1 Å². The summed E-state index contributed by atoms with van der Waals surface area (Å²) in [6.07, 6.45) is 2.93. The minimum Gasteiger partial charge on any atom is -0.341 e. The number of imidazole rings is 1. The number of carbonyl (C=O) groups is 1. The van der Waals surface area contributed by atoms with Gasteiger partial charge in [0.15, 0.2) is 0 Å². The van der Waals surface area contributed by atoms with E-state index in [0.717, 1.165) is 47.5 Å². The van der Waals surface area contributed by atoms with Crippen LogP contribution in [0.25, 0.3) is 11.0 Å². The summed E-state index contributed by atoms with van der Waals surface area (Å²) in [5.74, 6) is 0.939. The summed E-state index contributed by atoms with van der Waals surface area (Å²) in [6.45, 7) is 3.37. The van der Waals surface area contributed by atoms with Gasteiger partial charge in [-0.15, -0.1) is 0 Å². The van der Waals surface area contributed by atoms with Crippen molar-refractivity contribution >= 4 is 38.8 Å². The third kappa shape index (κ3) is 4.11. The molecule has 0 spiro atoms. The number of aromatic nitrogens is 3. The number of hydrogen-bond donors (Lipinski definition) is 1. The van der Waals surface area contributed by atoms with Crippen LogP contribution in [0.4, 0.5) is 5.95 Å². The molecular weight excluding hydrogens is 422 g/mol. The fourth-order valence-electron chi connectivity index (χ4n) is 3.52. The molecule has 1 saturated heterocycles. The fraction of sp³-hybridized carbons (Fsp3) is 0.350. The molecule has 4 rings (SSSR count). The third-order valence-corrected chi connectivity index (χ3v) is 5.51. The largest absolute Gasteiger partial charge is 0.341 e. The van der Waals surface area contributed by atoms with Gasteiger partial charge in [0, 0.05) is 55.9 Å². The first-order valence-electron chi connectivity index (χ1n) is 9.43. The molecule has 3 aromatic rings. The molecule has 1 N–H and O–H groups in total. The highest BCUT2D eigenvalue weighted by atomic mass is 79.9. The second kappa shape index (κ2) is 8.18. The zero-order valence-corrected chi connectivity index (χ0v) is 17.1. The molecule has 2 aromatic heterocycles. The molecule has 7 nitrogen and oxygen atoms in total. The number of hydrogen-bond acceptors (Lipinski definition) is 4. The van der Waals surface area contributed by atoms with Gasteiger partial charge in [0.1, 0.15) is 0 Å². The normalized spacial score (nSPS) is 15.0. The molecule has 0 radical (unpaired) electrons. The summed E-state index contributed by atoms with van der Waals surface area (Å²) in [7, 11) is 0. The van der Waals surface area contributed by atoms with Gasteiger partial charge in [0.25, 0.3) is 5.56 Å². The summed E-state index contributed by atoms with van der Waals surface area (Å²) in [6, 6.07) is 11.2. The van der Waals surface area contributed by atoms with Crippen molar-refractivity contribution < 1.29 is 4.79 Å². The first-order valence-corrected chi connectivity index (χ1v) is 10.2. The van der Waals surface area contributed by atoms with Crippen LogP contribution >= 0.6 is 15.9 Å². The van der Waals surface area contributed by atoms with Crippen LogP contribution in [-0.2, 0) is 11.3 Å². The van der Waals surface area contributed by atoms with Crippen molar-refractivity contribution in [3.63, 3.8) is 0 Å². The molecule has 8 heteroatoms. The molecule has 146 valence electrons. The van der Waals surface area contributed by atoms with Gasteiger partial charge in [0.05, 0.1) is 11.0 Å². The van der Waals surface area contributed by atoms with E-state index in [4.69, 9.17) is 0 Å². The highest BCUT2D eigenvalue weighted by molar-refractivity contribution is 9.10. The topological polar surface area (TPSA) is 74.2 Å². The predicted octanol–water partition coefficient (Wildman–Crippen LogP) is 2.62. The molecule has 1 aliphatic rings. The number of aryl methyl sites for hydroxylation is 1. The monoisotopic (exact) mass is 443 g/mol. The third-order valence-electron chi connectivity index (χ3n) is 5.04. The maximum absolute atomic E-state index is 12.7. The molecule has 1 aliphatic heterocycles. The lowest BCUT2D eigenvalue weighted by atomic mass is 10.3. The molecule has 0 saturated carbocycles. The Balaban J connectivity index is 1.37. The number of anilines is 1. The molecule has 28 heavy (non-hydrogen) atoms. The van der Waals surface area contributed by atoms with Crippen LogP contribution < -0.4 is 10.5 Å². The van der Waals surface area contributed by atoms with Crippen LogP contribution in [0.5, 0.6) is 0 Å². The second-order valence-corrected chi connectivity index (χ2v) is 7.84. The molecular formula is C20H22BrN5O2. The standard InChI is InChI=1S/C20H22BrN5O2/c21-15-6-7-18(27)26(14-15)11-8-19(28)24-9-3-10-25(13-12-24)20-22-16-4-1-2-5-17(16)23-20/h1-2,4-7,14H,3,8-13H2,(H,22,23). The number of nitrogens with zero attached hydrogens (tertiary/aromatic N) is 4. The minimum absolute atomic E-state index is 0.0818. The Hall–Kier alpha value is -2.61. The highest BCUT2D eigenvalue weighted by Crippen LogP contribution is 2.18. The summed E-state index contributed by atoms with van der Waals surface area (Å²) < 4.78 is 2.40. The lowest BCUT2D eigenvalue weighted by Crippen LogP contribution is -2.36. The second-order valence-electron chi connectivity index (χ2n) is 6.93. The zero-order valence-electron chi connectivity index (χ0n) is 15.5. The quantitative estimate of drug-likeness (QED) is 0.672. The van der Waals surface area contributed by atoms with Crippen LogP contribution in [0, 0.1) is 0 Å². The van der Waals surface area contributed by atoms with Crippen molar-refractivity contribution in [1.82, 2.24) is 19.4 Å². The SMILES string of the molecule is O=C(CCn1cc(Br)ccc1=O)N1CCCN(c2nc3ccccc3[nH]2)CC1. The summed E-state index contributed by atoms with van der Waals surface area (Å²) >= 11 is 3.36. The Kier molecular flexibility index (Phi) is 5.47. The number of H-pyrrole nitrogens is 1. The van der Waals surface area contributed by atoms with Gasteiger partial charge in [0.2, 0.25) is 11.9 Å². The Morgan fingerprint density at radius 2 is 1.96 bits per heavy atom. The first-order chi connectivity index (χ1) is 13.6. The van der Waals surface area contributed by atoms with Gasteiger partial charge < -0.3 is 19.4 Å². The van der Waals surface area contributed by atoms with Crippen molar-refractivity contribution in [2.24, 2.45) is 0 Å². The Bertz CT molecular complexity index is 1010. The Morgan fingerprint density at radius 3 is 2.82 bits per heavy atom. The van der Waals surface area contributed by atoms with E-state index in [2.05, 4.69) is 30.8 Å². The molecule has 0 aliphatic carbocycles. The van der Waals surface area contributed by atoms with Crippen molar-refractivity contribution in [3.05, 3.63) is 57.4 Å². The van der Waals surface area contributed by atoms with Crippen LogP contribution in [0.1, 0.15) is 12.8 Å². The van der Waals surface area contributed by atoms with E-state index in [1.165, 1.54) is 6.07 Å². The van der Waals surface area contributed by atoms with Crippen molar-refractivity contribution in [2.75, 3.05) is 31.1 Å². The molecule has 0 atom stereocenters. The number of halogens is 1. The summed E-state index contributed by atoms with van der Waals surface area (Å²) in [5, 5.41) is 0. The van der Waals surface area contributed by atoms with Gasteiger partial charge in [-0.2, -0.15) is 0 Å². The van der Waals surface area contributed by atoms with Gasteiger partial charge in [-0.05, 0) is 40.5 Å². The lowest BCUT2D eigenvalue weighted by molar-refractivity contribution is -0.131. The van der Waals surface area contributed by atoms with Crippen LogP contribution in [0.2, 0.25) is 0 Å². The van der Waals surface area contributed by atoms with Gasteiger partial charge in [-0.25, -0.2) is 4.98 Å². The maximum atomic E-state index is 12.7. The molecule has 0 bridgehead atoms. The number of amides is 1. The van der Waals surface area contributed by atoms with Crippen LogP contribution in [0.3, 0.4) is 0 Å². The number of carbonyl (C=O) groups excluding carboxylic acids is 1. The first kappa shape index (κ1) is 18.7. The minimum atomic E-state index is -0.0945. The lowest BCUT2D eigenvalue weighted by Gasteiger charge is -2.22. The van der Waals surface area contributed by atoms with E-state index >= 15 is 0 Å². The van der Waals surface area contributed by atoms with Crippen LogP contribution in [-0.4, -0.2) is 51.5 Å². The summed E-state index contributed by atoms with van der Waals surface area (Å²) in [5.41, 5.74) is 1.88. The number of benzene rings is 1. The number of rotatable bonds is 4. The molecule has 1 amide bonds. The average Bonchev–Trinajstić information content (AvgIpc) is 2.97. The Morgan fingerprint density at radius 1 is 1.11 bits per heavy atom. The number of fused-ring (bicyclic) bond motifs is 1. The maximum Gasteiger partial charge on any atom is 0.250 e. The fourth-order valence-corrected chi connectivity index (χ4v) is 3.90. The molecule has 0 unspecified atom stereocenters. The molecule has 3 heterocycles. The van der Waals surface area contributed by atoms with E-state index in [9.17, 15) is 9.59 Å². The predicted molar refractivity (Wildman–Crippen MR) is 113 cm³/mol. The van der Waals surface area contributed by atoms with Gasteiger partial charge >= 0.3 is 0 Å². The average molecular weight is 444 g/mol. The van der Waals surface area contributed by atoms with Crippen molar-refractivity contribution in [1.29, 1.82) is 0 Å². The molecule has 1 fully saturated rings. The van der Waals surface area contributed by atoms with E-state index in [1.54, 1.807) is 16.8 Å². The number of pyridine rings is 1. The number of nitrogens with one attached hydrogen (secondary N) is 1. The summed E-state index contributed by atoms with van der Waals surface area (Å²) in [4.78, 5) is 36.7. The number of aromatic amines is 1. The smallest absolute Gasteiger partial charge is 0.250 e. The van der Waals surface area contributed by atoms with Gasteiger partial charge in [-0.3, -0.25) is 9.59 Å².